The molecule has 0 aliphatic heterocycles. The number of nitriles is 1. The molecule has 0 saturated heterocycles. The summed E-state index contributed by atoms with van der Waals surface area (Å²) in [7, 11) is 0. The third-order valence-electron chi connectivity index (χ3n) is 3.40. The third kappa shape index (κ3) is 4.22. The van der Waals surface area contributed by atoms with Crippen molar-refractivity contribution in [1.29, 1.82) is 5.26 Å². The molecule has 5 nitrogen and oxygen atoms in total. The number of halogens is 1. The van der Waals surface area contributed by atoms with E-state index in [-0.39, 0.29) is 5.91 Å². The second-order valence-electron chi connectivity index (χ2n) is 5.18. The number of aromatic nitrogens is 1. The highest BCUT2D eigenvalue weighted by atomic mass is 79.9. The number of carbonyl (C=O) groups is 1. The molecule has 0 spiro atoms. The normalized spacial score (nSPS) is 9.92. The molecule has 0 fully saturated rings. The molecule has 0 aliphatic rings. The van der Waals surface area contributed by atoms with E-state index >= 15 is 0 Å². The van der Waals surface area contributed by atoms with Gasteiger partial charge in [0.2, 0.25) is 0 Å². The Bertz CT molecular complexity index is 948. The van der Waals surface area contributed by atoms with E-state index in [0.29, 0.717) is 16.9 Å². The van der Waals surface area contributed by atoms with Crippen molar-refractivity contribution in [2.45, 2.75) is 0 Å². The van der Waals surface area contributed by atoms with E-state index in [1.807, 2.05) is 30.3 Å². The van der Waals surface area contributed by atoms with Gasteiger partial charge in [-0.15, -0.1) is 0 Å². The van der Waals surface area contributed by atoms with E-state index in [2.05, 4.69) is 31.5 Å². The van der Waals surface area contributed by atoms with Gasteiger partial charge in [-0.1, -0.05) is 18.2 Å². The number of carbonyl (C=O) groups excluding carboxylic acids is 1. The van der Waals surface area contributed by atoms with Gasteiger partial charge in [0.15, 0.2) is 0 Å². The number of rotatable bonds is 4. The summed E-state index contributed by atoms with van der Waals surface area (Å²) in [4.78, 5) is 16.4. The second-order valence-corrected chi connectivity index (χ2v) is 6.04. The highest BCUT2D eigenvalue weighted by molar-refractivity contribution is 9.10. The van der Waals surface area contributed by atoms with Crippen LogP contribution >= 0.6 is 15.9 Å². The van der Waals surface area contributed by atoms with Gasteiger partial charge in [0, 0.05) is 10.2 Å². The first-order valence-electron chi connectivity index (χ1n) is 7.45. The monoisotopic (exact) mass is 392 g/mol. The molecule has 122 valence electrons. The van der Waals surface area contributed by atoms with Crippen LogP contribution in [0, 0.1) is 11.3 Å². The maximum atomic E-state index is 12.3. The van der Waals surface area contributed by atoms with Crippen LogP contribution in [0.5, 0.6) is 0 Å². The lowest BCUT2D eigenvalue weighted by molar-refractivity contribution is 0.102. The molecule has 25 heavy (non-hydrogen) atoms. The summed E-state index contributed by atoms with van der Waals surface area (Å²) in [5, 5.41) is 14.9. The first kappa shape index (κ1) is 16.7. The maximum absolute atomic E-state index is 12.3. The Morgan fingerprint density at radius 1 is 1.04 bits per heavy atom. The quantitative estimate of drug-likeness (QED) is 0.673. The lowest BCUT2D eigenvalue weighted by Gasteiger charge is -2.09. The number of amides is 1. The van der Waals surface area contributed by atoms with E-state index in [1.165, 1.54) is 0 Å². The number of hydrogen-bond acceptors (Lipinski definition) is 4. The molecular formula is C19H13BrN4O. The van der Waals surface area contributed by atoms with Gasteiger partial charge in [-0.2, -0.15) is 5.26 Å². The van der Waals surface area contributed by atoms with Gasteiger partial charge in [-0.25, -0.2) is 4.98 Å². The highest BCUT2D eigenvalue weighted by Crippen LogP contribution is 2.25. The topological polar surface area (TPSA) is 77.8 Å². The van der Waals surface area contributed by atoms with Crippen molar-refractivity contribution in [3.63, 3.8) is 0 Å². The lowest BCUT2D eigenvalue weighted by Crippen LogP contribution is -2.13. The number of pyridine rings is 1. The van der Waals surface area contributed by atoms with Gasteiger partial charge in [0.1, 0.15) is 5.69 Å². The summed E-state index contributed by atoms with van der Waals surface area (Å²) in [6.45, 7) is 0. The summed E-state index contributed by atoms with van der Waals surface area (Å²) >= 11 is 3.47. The number of nitrogens with one attached hydrogen (secondary N) is 2. The average Bonchev–Trinajstić information content (AvgIpc) is 2.64. The van der Waals surface area contributed by atoms with E-state index < -0.39 is 0 Å². The lowest BCUT2D eigenvalue weighted by atomic mass is 10.2. The fourth-order valence-electron chi connectivity index (χ4n) is 2.18. The molecule has 2 aromatic carbocycles. The van der Waals surface area contributed by atoms with Gasteiger partial charge in [-0.3, -0.25) is 4.79 Å². The maximum Gasteiger partial charge on any atom is 0.274 e. The zero-order valence-corrected chi connectivity index (χ0v) is 14.6. The average molecular weight is 393 g/mol. The van der Waals surface area contributed by atoms with Crippen molar-refractivity contribution < 1.29 is 4.79 Å². The van der Waals surface area contributed by atoms with Gasteiger partial charge < -0.3 is 10.6 Å². The Balaban J connectivity index is 1.70. The molecule has 0 unspecified atom stereocenters. The minimum absolute atomic E-state index is 0.292. The fraction of sp³-hybridized carbons (Fsp3) is 0. The van der Waals surface area contributed by atoms with Crippen LogP contribution in [0.25, 0.3) is 0 Å². The Morgan fingerprint density at radius 2 is 1.88 bits per heavy atom. The predicted octanol–water partition coefficient (Wildman–Crippen LogP) is 4.71. The molecule has 1 aromatic heterocycles. The van der Waals surface area contributed by atoms with Crippen molar-refractivity contribution in [2.75, 3.05) is 10.6 Å². The van der Waals surface area contributed by atoms with Gasteiger partial charge in [0.05, 0.1) is 29.2 Å². The van der Waals surface area contributed by atoms with Gasteiger partial charge in [0.25, 0.3) is 5.91 Å². The summed E-state index contributed by atoms with van der Waals surface area (Å²) in [5.41, 5.74) is 3.02. The smallest absolute Gasteiger partial charge is 0.274 e. The Morgan fingerprint density at radius 3 is 2.60 bits per heavy atom. The molecule has 3 aromatic rings. The zero-order chi connectivity index (χ0) is 17.6. The fourth-order valence-corrected chi connectivity index (χ4v) is 2.57. The summed E-state index contributed by atoms with van der Waals surface area (Å²) in [5.74, 6) is -0.331. The van der Waals surface area contributed by atoms with Crippen molar-refractivity contribution in [2.24, 2.45) is 0 Å². The molecule has 1 heterocycles. The van der Waals surface area contributed by atoms with E-state index in [1.54, 1.807) is 42.6 Å². The number of para-hydroxylation sites is 1. The Kier molecular flexibility index (Phi) is 5.07. The van der Waals surface area contributed by atoms with E-state index in [4.69, 9.17) is 5.26 Å². The Labute approximate surface area is 153 Å². The summed E-state index contributed by atoms with van der Waals surface area (Å²) in [6, 6.07) is 19.9. The number of benzene rings is 2. The number of anilines is 3. The summed E-state index contributed by atoms with van der Waals surface area (Å²) < 4.78 is 0.939. The van der Waals surface area contributed by atoms with Crippen LogP contribution in [0.2, 0.25) is 0 Å². The zero-order valence-electron chi connectivity index (χ0n) is 13.0. The molecular weight excluding hydrogens is 380 g/mol. The van der Waals surface area contributed by atoms with Crippen LogP contribution in [0.3, 0.4) is 0 Å². The van der Waals surface area contributed by atoms with Crippen LogP contribution in [0.15, 0.2) is 71.3 Å². The van der Waals surface area contributed by atoms with Crippen LogP contribution in [-0.4, -0.2) is 10.9 Å². The minimum Gasteiger partial charge on any atom is -0.353 e. The summed E-state index contributed by atoms with van der Waals surface area (Å²) in [6.07, 6.45) is 1.60. The van der Waals surface area contributed by atoms with Crippen molar-refractivity contribution in [3.8, 4) is 6.07 Å². The van der Waals surface area contributed by atoms with E-state index in [0.717, 1.165) is 15.8 Å². The minimum atomic E-state index is -0.331. The molecule has 0 atom stereocenters. The Hall–Kier alpha value is -3.17. The van der Waals surface area contributed by atoms with Crippen molar-refractivity contribution in [3.05, 3.63) is 82.6 Å². The first-order valence-corrected chi connectivity index (χ1v) is 8.24. The number of hydrogen-bond donors (Lipinski definition) is 2. The molecule has 2 N–H and O–H groups in total. The molecule has 0 radical (unpaired) electrons. The standard InChI is InChI=1S/C19H13BrN4O/c20-16-6-1-2-7-17(16)23-15-8-9-18(22-12-15)19(25)24-14-5-3-4-13(10-14)11-21/h1-10,12,23H,(H,24,25). The van der Waals surface area contributed by atoms with E-state index in [9.17, 15) is 4.79 Å². The SMILES string of the molecule is N#Cc1cccc(NC(=O)c2ccc(Nc3ccccc3Br)cn2)c1. The second kappa shape index (κ2) is 7.60. The largest absolute Gasteiger partial charge is 0.353 e. The van der Waals surface area contributed by atoms with Crippen molar-refractivity contribution in [1.82, 2.24) is 4.98 Å². The number of nitrogens with zero attached hydrogens (tertiary/aromatic N) is 2. The molecule has 6 heteroatoms. The highest BCUT2D eigenvalue weighted by Gasteiger charge is 2.08. The van der Waals surface area contributed by atoms with Gasteiger partial charge in [-0.05, 0) is 58.4 Å². The van der Waals surface area contributed by atoms with Crippen molar-refractivity contribution >= 4 is 38.9 Å². The van der Waals surface area contributed by atoms with Crippen LogP contribution < -0.4 is 10.6 Å². The molecule has 1 amide bonds. The first-order chi connectivity index (χ1) is 12.2. The molecule has 0 bridgehead atoms. The van der Waals surface area contributed by atoms with Gasteiger partial charge >= 0.3 is 0 Å². The predicted molar refractivity (Wildman–Crippen MR) is 101 cm³/mol. The van der Waals surface area contributed by atoms with Crippen LogP contribution in [0.4, 0.5) is 17.1 Å². The molecule has 3 rings (SSSR count). The third-order valence-corrected chi connectivity index (χ3v) is 4.09. The van der Waals surface area contributed by atoms with Crippen LogP contribution in [0.1, 0.15) is 16.1 Å². The van der Waals surface area contributed by atoms with Crippen LogP contribution in [-0.2, 0) is 0 Å². The molecule has 0 saturated carbocycles. The molecule has 0 aliphatic carbocycles.